The zero-order valence-corrected chi connectivity index (χ0v) is 8.32. The van der Waals surface area contributed by atoms with Crippen LogP contribution in [0.25, 0.3) is 0 Å². The first-order valence-corrected chi connectivity index (χ1v) is 4.66. The monoisotopic (exact) mass is 172 g/mol. The van der Waals surface area contributed by atoms with E-state index in [9.17, 15) is 0 Å². The van der Waals surface area contributed by atoms with Crippen LogP contribution >= 0.6 is 0 Å². The van der Waals surface area contributed by atoms with Gasteiger partial charge in [0.05, 0.1) is 6.10 Å². The number of aliphatic hydroxyl groups is 1. The van der Waals surface area contributed by atoms with Gasteiger partial charge in [-0.15, -0.1) is 0 Å². The van der Waals surface area contributed by atoms with Gasteiger partial charge in [-0.3, -0.25) is 0 Å². The third-order valence-electron chi connectivity index (χ3n) is 2.53. The molecule has 1 unspecified atom stereocenters. The molecule has 1 saturated heterocycles. The summed E-state index contributed by atoms with van der Waals surface area (Å²) in [4.78, 5) is 4.65. The van der Waals surface area contributed by atoms with Crippen molar-refractivity contribution >= 4 is 0 Å². The minimum Gasteiger partial charge on any atom is -0.393 e. The Morgan fingerprint density at radius 3 is 2.50 bits per heavy atom. The van der Waals surface area contributed by atoms with Gasteiger partial charge in [0, 0.05) is 25.7 Å². The number of likely N-dealkylation sites (N-methyl/N-ethyl adjacent to an activating group) is 1. The van der Waals surface area contributed by atoms with E-state index in [1.54, 1.807) is 0 Å². The third kappa shape index (κ3) is 2.73. The van der Waals surface area contributed by atoms with Gasteiger partial charge in [0.2, 0.25) is 0 Å². The summed E-state index contributed by atoms with van der Waals surface area (Å²) in [5, 5.41) is 9.06. The van der Waals surface area contributed by atoms with E-state index in [0.29, 0.717) is 0 Å². The molecule has 0 radical (unpaired) electrons. The lowest BCUT2D eigenvalue weighted by Gasteiger charge is -2.43. The van der Waals surface area contributed by atoms with Crippen LogP contribution in [0.15, 0.2) is 0 Å². The average Bonchev–Trinajstić information content (AvgIpc) is 1.82. The molecular weight excluding hydrogens is 152 g/mol. The number of nitrogens with zero attached hydrogens (tertiary/aromatic N) is 2. The zero-order chi connectivity index (χ0) is 9.14. The summed E-state index contributed by atoms with van der Waals surface area (Å²) in [7, 11) is 4.24. The van der Waals surface area contributed by atoms with E-state index in [1.165, 1.54) is 13.1 Å². The molecule has 3 nitrogen and oxygen atoms in total. The fourth-order valence-electron chi connectivity index (χ4n) is 1.42. The smallest absolute Gasteiger partial charge is 0.0524 e. The van der Waals surface area contributed by atoms with Crippen molar-refractivity contribution in [2.75, 3.05) is 33.7 Å². The molecule has 0 amide bonds. The van der Waals surface area contributed by atoms with E-state index < -0.39 is 0 Å². The highest BCUT2D eigenvalue weighted by Crippen LogP contribution is 2.12. The highest BCUT2D eigenvalue weighted by atomic mass is 16.3. The number of hydrogen-bond acceptors (Lipinski definition) is 3. The number of hydrogen-bond donors (Lipinski definition) is 1. The summed E-state index contributed by atoms with van der Waals surface area (Å²) in [6.45, 7) is 5.23. The lowest BCUT2D eigenvalue weighted by molar-refractivity contribution is 0.0503. The maximum atomic E-state index is 9.06. The molecule has 0 aromatic carbocycles. The van der Waals surface area contributed by atoms with Crippen LogP contribution < -0.4 is 0 Å². The first-order chi connectivity index (χ1) is 5.59. The molecule has 1 fully saturated rings. The quantitative estimate of drug-likeness (QED) is 0.647. The van der Waals surface area contributed by atoms with Crippen molar-refractivity contribution in [3.05, 3.63) is 0 Å². The molecule has 1 N–H and O–H groups in total. The van der Waals surface area contributed by atoms with Crippen LogP contribution in [0.1, 0.15) is 13.3 Å². The molecule has 1 atom stereocenters. The summed E-state index contributed by atoms with van der Waals surface area (Å²) >= 11 is 0. The summed E-state index contributed by atoms with van der Waals surface area (Å²) in [6.07, 6.45) is 0.753. The Hall–Kier alpha value is -0.120. The van der Waals surface area contributed by atoms with Gasteiger partial charge in [-0.25, -0.2) is 0 Å². The zero-order valence-electron chi connectivity index (χ0n) is 8.32. The molecule has 0 spiro atoms. The average molecular weight is 172 g/mol. The van der Waals surface area contributed by atoms with Crippen molar-refractivity contribution < 1.29 is 5.11 Å². The highest BCUT2D eigenvalue weighted by Gasteiger charge is 2.27. The fraction of sp³-hybridized carbons (Fsp3) is 1.00. The SMILES string of the molecule is CC(O)CCN1CC(N(C)C)C1. The highest BCUT2D eigenvalue weighted by molar-refractivity contribution is 4.85. The minimum absolute atomic E-state index is 0.150. The molecule has 0 aromatic rings. The molecular formula is C9H20N2O. The van der Waals surface area contributed by atoms with Crippen LogP contribution in [0.2, 0.25) is 0 Å². The molecule has 1 aliphatic heterocycles. The van der Waals surface area contributed by atoms with Crippen LogP contribution in [0.4, 0.5) is 0 Å². The standard InChI is InChI=1S/C9H20N2O/c1-8(12)4-5-11-6-9(7-11)10(2)3/h8-9,12H,4-7H2,1-3H3. The Kier molecular flexibility index (Phi) is 3.50. The van der Waals surface area contributed by atoms with Crippen molar-refractivity contribution in [2.45, 2.75) is 25.5 Å². The molecule has 0 aliphatic carbocycles. The summed E-state index contributed by atoms with van der Waals surface area (Å²) < 4.78 is 0. The fourth-order valence-corrected chi connectivity index (χ4v) is 1.42. The van der Waals surface area contributed by atoms with Gasteiger partial charge in [-0.2, -0.15) is 0 Å². The van der Waals surface area contributed by atoms with Crippen LogP contribution in [-0.2, 0) is 0 Å². The van der Waals surface area contributed by atoms with Gasteiger partial charge in [-0.1, -0.05) is 0 Å². The van der Waals surface area contributed by atoms with Crippen LogP contribution in [-0.4, -0.2) is 60.8 Å². The van der Waals surface area contributed by atoms with Crippen LogP contribution in [0, 0.1) is 0 Å². The van der Waals surface area contributed by atoms with Crippen LogP contribution in [0.5, 0.6) is 0 Å². The first kappa shape index (κ1) is 9.96. The molecule has 1 aliphatic rings. The Morgan fingerprint density at radius 1 is 1.50 bits per heavy atom. The predicted molar refractivity (Wildman–Crippen MR) is 50.2 cm³/mol. The van der Waals surface area contributed by atoms with Crippen LogP contribution in [0.3, 0.4) is 0 Å². The molecule has 3 heteroatoms. The lowest BCUT2D eigenvalue weighted by atomic mass is 10.1. The molecule has 0 bridgehead atoms. The maximum absolute atomic E-state index is 9.06. The third-order valence-corrected chi connectivity index (χ3v) is 2.53. The van der Waals surface area contributed by atoms with Crippen molar-refractivity contribution in [1.82, 2.24) is 9.80 Å². The Labute approximate surface area is 75.0 Å². The van der Waals surface area contributed by atoms with Gasteiger partial charge >= 0.3 is 0 Å². The molecule has 0 saturated carbocycles. The summed E-state index contributed by atoms with van der Waals surface area (Å²) in [5.41, 5.74) is 0. The summed E-state index contributed by atoms with van der Waals surface area (Å²) in [6, 6.07) is 0.735. The Morgan fingerprint density at radius 2 is 2.08 bits per heavy atom. The van der Waals surface area contributed by atoms with Crippen molar-refractivity contribution in [3.63, 3.8) is 0 Å². The van der Waals surface area contributed by atoms with Gasteiger partial charge in [0.15, 0.2) is 0 Å². The number of aliphatic hydroxyl groups excluding tert-OH is 1. The lowest BCUT2D eigenvalue weighted by Crippen LogP contribution is -2.57. The second-order valence-corrected chi connectivity index (χ2v) is 4.01. The van der Waals surface area contributed by atoms with E-state index in [2.05, 4.69) is 23.9 Å². The van der Waals surface area contributed by atoms with Gasteiger partial charge in [0.25, 0.3) is 0 Å². The van der Waals surface area contributed by atoms with Gasteiger partial charge < -0.3 is 14.9 Å². The molecule has 12 heavy (non-hydrogen) atoms. The number of likely N-dealkylation sites (tertiary alicyclic amines) is 1. The maximum Gasteiger partial charge on any atom is 0.0524 e. The first-order valence-electron chi connectivity index (χ1n) is 4.66. The predicted octanol–water partition coefficient (Wildman–Crippen LogP) is 0.00310. The number of rotatable bonds is 4. The Bertz CT molecular complexity index is 128. The minimum atomic E-state index is -0.150. The Balaban J connectivity index is 2.02. The van der Waals surface area contributed by atoms with Gasteiger partial charge in [0.1, 0.15) is 0 Å². The topological polar surface area (TPSA) is 26.7 Å². The summed E-state index contributed by atoms with van der Waals surface area (Å²) in [5.74, 6) is 0. The van der Waals surface area contributed by atoms with E-state index in [0.717, 1.165) is 19.0 Å². The van der Waals surface area contributed by atoms with Crippen molar-refractivity contribution in [2.24, 2.45) is 0 Å². The van der Waals surface area contributed by atoms with E-state index in [1.807, 2.05) is 6.92 Å². The largest absolute Gasteiger partial charge is 0.393 e. The molecule has 0 aromatic heterocycles. The second-order valence-electron chi connectivity index (χ2n) is 4.01. The second kappa shape index (κ2) is 4.21. The van der Waals surface area contributed by atoms with E-state index in [-0.39, 0.29) is 6.10 Å². The normalized spacial score (nSPS) is 22.8. The molecule has 1 heterocycles. The van der Waals surface area contributed by atoms with Crippen molar-refractivity contribution in [3.8, 4) is 0 Å². The van der Waals surface area contributed by atoms with E-state index in [4.69, 9.17) is 5.11 Å². The van der Waals surface area contributed by atoms with Crippen molar-refractivity contribution in [1.29, 1.82) is 0 Å². The van der Waals surface area contributed by atoms with E-state index >= 15 is 0 Å². The molecule has 1 rings (SSSR count). The molecule has 72 valence electrons. The van der Waals surface area contributed by atoms with Gasteiger partial charge in [-0.05, 0) is 27.4 Å².